The van der Waals surface area contributed by atoms with Gasteiger partial charge in [0.25, 0.3) is 0 Å². The highest BCUT2D eigenvalue weighted by Gasteiger charge is 2.20. The Labute approximate surface area is 223 Å². The molecule has 2 heterocycles. The van der Waals surface area contributed by atoms with Crippen LogP contribution in [0.4, 0.5) is 0 Å². The molecule has 2 aromatic rings. The van der Waals surface area contributed by atoms with Crippen molar-refractivity contribution >= 4 is 17.6 Å². The van der Waals surface area contributed by atoms with Crippen LogP contribution in [0.2, 0.25) is 0 Å². The second kappa shape index (κ2) is 16.6. The van der Waals surface area contributed by atoms with Crippen LogP contribution >= 0.6 is 0 Å². The molecule has 0 unspecified atom stereocenters. The number of Topliss-reactive ketones (excluding diaryl/α,β-unsaturated/α-hetero) is 1. The van der Waals surface area contributed by atoms with Gasteiger partial charge in [0.15, 0.2) is 0 Å². The second-order valence-electron chi connectivity index (χ2n) is 8.90. The molecule has 0 bridgehead atoms. The molecule has 14 nitrogen and oxygen atoms in total. The zero-order valence-electron chi connectivity index (χ0n) is 22.4. The van der Waals surface area contributed by atoms with Gasteiger partial charge in [0.2, 0.25) is 11.8 Å². The molecular formula is C24H43N11O3. The van der Waals surface area contributed by atoms with E-state index in [9.17, 15) is 14.4 Å². The molecule has 2 amide bonds. The van der Waals surface area contributed by atoms with Gasteiger partial charge in [-0.1, -0.05) is 6.92 Å². The fourth-order valence-electron chi connectivity index (χ4n) is 4.04. The number of nitrogens with two attached hydrogens (primary N) is 4. The Morgan fingerprint density at radius 1 is 0.737 bits per heavy atom. The molecule has 0 aliphatic carbocycles. The zero-order chi connectivity index (χ0) is 27.9. The topological polar surface area (TPSA) is 201 Å². The number of imidazole rings is 2. The molecule has 0 saturated heterocycles. The number of carbonyl (C=O) groups is 3. The van der Waals surface area contributed by atoms with Crippen molar-refractivity contribution in [1.29, 1.82) is 0 Å². The van der Waals surface area contributed by atoms with Crippen LogP contribution in [0.3, 0.4) is 0 Å². The fourth-order valence-corrected chi connectivity index (χ4v) is 4.04. The summed E-state index contributed by atoms with van der Waals surface area (Å²) in [6.07, 6.45) is 7.11. The van der Waals surface area contributed by atoms with Crippen LogP contribution in [-0.2, 0) is 40.6 Å². The van der Waals surface area contributed by atoms with Gasteiger partial charge in [-0.15, -0.1) is 0 Å². The summed E-state index contributed by atoms with van der Waals surface area (Å²) in [6, 6.07) is 0. The van der Waals surface area contributed by atoms with Crippen LogP contribution < -0.4 is 22.9 Å². The lowest BCUT2D eigenvalue weighted by Crippen LogP contribution is -2.41. The smallest absolute Gasteiger partial charge is 0.242 e. The predicted molar refractivity (Wildman–Crippen MR) is 143 cm³/mol. The summed E-state index contributed by atoms with van der Waals surface area (Å²) in [4.78, 5) is 52.1. The van der Waals surface area contributed by atoms with Crippen molar-refractivity contribution in [3.8, 4) is 0 Å². The average molecular weight is 534 g/mol. The molecule has 0 saturated carbocycles. The number of amides is 2. The Bertz CT molecular complexity index is 924. The number of aromatic nitrogens is 4. The first-order valence-corrected chi connectivity index (χ1v) is 13.0. The van der Waals surface area contributed by atoms with Gasteiger partial charge in [-0.2, -0.15) is 0 Å². The Kier molecular flexibility index (Phi) is 13.6. The third-order valence-electron chi connectivity index (χ3n) is 6.04. The van der Waals surface area contributed by atoms with Crippen LogP contribution in [0, 0.1) is 0 Å². The predicted octanol–water partition coefficient (Wildman–Crippen LogP) is -2.45. The summed E-state index contributed by atoms with van der Waals surface area (Å²) < 4.78 is 3.53. The first-order chi connectivity index (χ1) is 18.4. The summed E-state index contributed by atoms with van der Waals surface area (Å²) in [7, 11) is 0. The van der Waals surface area contributed by atoms with Crippen LogP contribution in [0.15, 0.2) is 24.8 Å². The fraction of sp³-hybridized carbons (Fsp3) is 0.625. The molecular weight excluding hydrogens is 490 g/mol. The van der Waals surface area contributed by atoms with Gasteiger partial charge in [-0.05, 0) is 0 Å². The van der Waals surface area contributed by atoms with E-state index in [1.807, 2.05) is 11.8 Å². The first kappa shape index (κ1) is 31.1. The monoisotopic (exact) mass is 533 g/mol. The Morgan fingerprint density at radius 2 is 1.13 bits per heavy atom. The van der Waals surface area contributed by atoms with E-state index in [1.54, 1.807) is 43.7 Å². The summed E-state index contributed by atoms with van der Waals surface area (Å²) in [6.45, 7) is 5.88. The minimum atomic E-state index is -0.107. The molecule has 0 radical (unpaired) electrons. The molecule has 0 aliphatic rings. The number of hydrogen-bond donors (Lipinski definition) is 4. The highest BCUT2D eigenvalue weighted by Crippen LogP contribution is 2.11. The van der Waals surface area contributed by atoms with Crippen molar-refractivity contribution in [2.75, 3.05) is 58.9 Å². The number of rotatable bonds is 19. The molecule has 2 rings (SSSR count). The minimum Gasteiger partial charge on any atom is -0.339 e. The SMILES string of the molecule is CCC(=O)CN(Cc1nccn1CC(=O)N(CCN)CCN)Cc1nccn1CC(=O)N(CCN)CCN. The highest BCUT2D eigenvalue weighted by molar-refractivity contribution is 5.80. The van der Waals surface area contributed by atoms with Gasteiger partial charge in [0.1, 0.15) is 30.5 Å². The van der Waals surface area contributed by atoms with E-state index in [4.69, 9.17) is 22.9 Å². The van der Waals surface area contributed by atoms with E-state index in [1.165, 1.54) is 0 Å². The third-order valence-corrected chi connectivity index (χ3v) is 6.04. The molecule has 0 aromatic carbocycles. The van der Waals surface area contributed by atoms with Crippen LogP contribution in [0.1, 0.15) is 25.0 Å². The van der Waals surface area contributed by atoms with Crippen LogP contribution in [0.25, 0.3) is 0 Å². The third kappa shape index (κ3) is 9.61. The van der Waals surface area contributed by atoms with E-state index in [0.29, 0.717) is 83.5 Å². The van der Waals surface area contributed by atoms with Gasteiger partial charge in [-0.25, -0.2) is 9.97 Å². The Balaban J connectivity index is 2.17. The highest BCUT2D eigenvalue weighted by atomic mass is 16.2. The molecule has 0 atom stereocenters. The maximum atomic E-state index is 12.8. The molecule has 0 spiro atoms. The van der Waals surface area contributed by atoms with Gasteiger partial charge < -0.3 is 41.9 Å². The molecule has 212 valence electrons. The molecule has 0 aliphatic heterocycles. The van der Waals surface area contributed by atoms with E-state index in [2.05, 4.69) is 9.97 Å². The van der Waals surface area contributed by atoms with Crippen molar-refractivity contribution in [3.05, 3.63) is 36.4 Å². The minimum absolute atomic E-state index is 0.0579. The average Bonchev–Trinajstić information content (AvgIpc) is 3.52. The van der Waals surface area contributed by atoms with Gasteiger partial charge >= 0.3 is 0 Å². The Morgan fingerprint density at radius 3 is 1.47 bits per heavy atom. The summed E-state index contributed by atoms with van der Waals surface area (Å²) in [5, 5.41) is 0. The Hall–Kier alpha value is -3.17. The maximum absolute atomic E-state index is 12.8. The van der Waals surface area contributed by atoms with Crippen molar-refractivity contribution < 1.29 is 14.4 Å². The molecule has 8 N–H and O–H groups in total. The van der Waals surface area contributed by atoms with Gasteiger partial charge in [0.05, 0.1) is 19.6 Å². The normalized spacial score (nSPS) is 11.2. The van der Waals surface area contributed by atoms with E-state index in [-0.39, 0.29) is 37.2 Å². The van der Waals surface area contributed by atoms with Crippen molar-refractivity contribution in [2.24, 2.45) is 22.9 Å². The summed E-state index contributed by atoms with van der Waals surface area (Å²) >= 11 is 0. The van der Waals surface area contributed by atoms with E-state index in [0.717, 1.165) is 0 Å². The molecule has 0 fully saturated rings. The maximum Gasteiger partial charge on any atom is 0.242 e. The number of carbonyl (C=O) groups excluding carboxylic acids is 3. The quantitative estimate of drug-likeness (QED) is 0.150. The zero-order valence-corrected chi connectivity index (χ0v) is 22.4. The molecule has 14 heteroatoms. The standard InChI is InChI=1S/C24H43N11O3/c1-2-20(36)15-31(16-21-29-7-13-34(21)18-23(37)32(9-3-25)10-4-26)17-22-30-8-14-35(22)19-24(38)33(11-5-27)12-6-28/h7-8,13-14H,2-6,9-12,15-19,25-28H2,1H3. The van der Waals surface area contributed by atoms with Crippen LogP contribution in [0.5, 0.6) is 0 Å². The van der Waals surface area contributed by atoms with Gasteiger partial charge in [-0.3, -0.25) is 19.3 Å². The summed E-state index contributed by atoms with van der Waals surface area (Å²) in [5.74, 6) is 1.11. The largest absolute Gasteiger partial charge is 0.339 e. The molecule has 2 aromatic heterocycles. The number of ketones is 1. The summed E-state index contributed by atoms with van der Waals surface area (Å²) in [5.41, 5.74) is 22.6. The first-order valence-electron chi connectivity index (χ1n) is 13.0. The lowest BCUT2D eigenvalue weighted by Gasteiger charge is -2.24. The van der Waals surface area contributed by atoms with Gasteiger partial charge in [0, 0.05) is 83.6 Å². The number of hydrogen-bond acceptors (Lipinski definition) is 10. The lowest BCUT2D eigenvalue weighted by atomic mass is 10.2. The molecule has 38 heavy (non-hydrogen) atoms. The van der Waals surface area contributed by atoms with Crippen molar-refractivity contribution in [3.63, 3.8) is 0 Å². The van der Waals surface area contributed by atoms with Crippen molar-refractivity contribution in [2.45, 2.75) is 39.5 Å². The van der Waals surface area contributed by atoms with Crippen molar-refractivity contribution in [1.82, 2.24) is 33.8 Å². The second-order valence-corrected chi connectivity index (χ2v) is 8.90. The lowest BCUT2D eigenvalue weighted by molar-refractivity contribution is -0.132. The van der Waals surface area contributed by atoms with E-state index >= 15 is 0 Å². The van der Waals surface area contributed by atoms with Crippen LogP contribution in [-0.4, -0.2) is 110 Å². The number of nitrogens with zero attached hydrogens (tertiary/aromatic N) is 7. The van der Waals surface area contributed by atoms with E-state index < -0.39 is 0 Å².